The molecule has 2 aromatic rings. The van der Waals surface area contributed by atoms with Crippen LogP contribution in [0.4, 0.5) is 0 Å². The largest absolute Gasteiger partial charge is 0.497 e. The lowest BCUT2D eigenvalue weighted by Gasteiger charge is -2.11. The number of aliphatic hydroxyl groups excluding tert-OH is 1. The van der Waals surface area contributed by atoms with Crippen LogP contribution in [0.3, 0.4) is 0 Å². The summed E-state index contributed by atoms with van der Waals surface area (Å²) in [5.74, 6) is 1.43. The Kier molecular flexibility index (Phi) is 4.69. The molecule has 0 fully saturated rings. The van der Waals surface area contributed by atoms with E-state index in [0.717, 1.165) is 0 Å². The summed E-state index contributed by atoms with van der Waals surface area (Å²) in [6.07, 6.45) is -0.599. The molecule has 2 rings (SSSR count). The van der Waals surface area contributed by atoms with E-state index in [1.165, 1.54) is 7.11 Å². The van der Waals surface area contributed by atoms with Crippen molar-refractivity contribution in [1.29, 1.82) is 5.26 Å². The molecule has 0 amide bonds. The lowest BCUT2D eigenvalue weighted by atomic mass is 10.1. The number of benzene rings is 2. The van der Waals surface area contributed by atoms with Gasteiger partial charge in [-0.3, -0.25) is 0 Å². The van der Waals surface area contributed by atoms with Gasteiger partial charge in [0, 0.05) is 6.07 Å². The predicted molar refractivity (Wildman–Crippen MR) is 79.9 cm³/mol. The van der Waals surface area contributed by atoms with E-state index in [0.29, 0.717) is 33.4 Å². The molecule has 4 nitrogen and oxygen atoms in total. The van der Waals surface area contributed by atoms with Crippen LogP contribution in [-0.2, 0) is 0 Å². The van der Waals surface area contributed by atoms with Gasteiger partial charge in [0.25, 0.3) is 0 Å². The second-order valence-electron chi connectivity index (χ2n) is 4.48. The lowest BCUT2D eigenvalue weighted by Crippen LogP contribution is -1.93. The molecule has 1 unspecified atom stereocenters. The van der Waals surface area contributed by atoms with Gasteiger partial charge >= 0.3 is 0 Å². The van der Waals surface area contributed by atoms with E-state index < -0.39 is 6.10 Å². The highest BCUT2D eigenvalue weighted by Gasteiger charge is 2.09. The standard InChI is InChI=1S/C16H14ClNO3/c1-10(19)12-3-4-16(15(17)7-12)21-14-6-11(9-18)5-13(8-14)20-2/h3-8,10,19H,1-2H3. The minimum atomic E-state index is -0.599. The summed E-state index contributed by atoms with van der Waals surface area (Å²) in [5.41, 5.74) is 1.14. The first kappa shape index (κ1) is 15.2. The molecule has 2 aromatic carbocycles. The van der Waals surface area contributed by atoms with Crippen molar-refractivity contribution in [3.05, 3.63) is 52.5 Å². The maximum Gasteiger partial charge on any atom is 0.146 e. The number of ether oxygens (including phenoxy) is 2. The lowest BCUT2D eigenvalue weighted by molar-refractivity contribution is 0.199. The van der Waals surface area contributed by atoms with Crippen molar-refractivity contribution in [2.45, 2.75) is 13.0 Å². The summed E-state index contributed by atoms with van der Waals surface area (Å²) in [7, 11) is 1.52. The smallest absolute Gasteiger partial charge is 0.146 e. The summed E-state index contributed by atoms with van der Waals surface area (Å²) < 4.78 is 10.8. The van der Waals surface area contributed by atoms with Gasteiger partial charge in [-0.25, -0.2) is 0 Å². The average Bonchev–Trinajstić information content (AvgIpc) is 2.48. The molecule has 0 radical (unpaired) electrons. The third kappa shape index (κ3) is 3.66. The molecule has 21 heavy (non-hydrogen) atoms. The Morgan fingerprint density at radius 1 is 1.19 bits per heavy atom. The van der Waals surface area contributed by atoms with E-state index in [9.17, 15) is 5.11 Å². The van der Waals surface area contributed by atoms with Crippen LogP contribution < -0.4 is 9.47 Å². The zero-order valence-corrected chi connectivity index (χ0v) is 12.4. The number of hydrogen-bond donors (Lipinski definition) is 1. The van der Waals surface area contributed by atoms with E-state index in [-0.39, 0.29) is 0 Å². The quantitative estimate of drug-likeness (QED) is 0.925. The Labute approximate surface area is 128 Å². The van der Waals surface area contributed by atoms with Crippen LogP contribution >= 0.6 is 11.6 Å². The van der Waals surface area contributed by atoms with Gasteiger partial charge in [0.15, 0.2) is 0 Å². The number of halogens is 1. The highest BCUT2D eigenvalue weighted by Crippen LogP contribution is 2.33. The molecule has 0 heterocycles. The molecule has 0 saturated heterocycles. The first-order valence-electron chi connectivity index (χ1n) is 6.28. The van der Waals surface area contributed by atoms with Gasteiger partial charge in [-0.1, -0.05) is 17.7 Å². The van der Waals surface area contributed by atoms with Crippen LogP contribution in [0.15, 0.2) is 36.4 Å². The number of methoxy groups -OCH3 is 1. The van der Waals surface area contributed by atoms with E-state index in [4.69, 9.17) is 26.3 Å². The maximum absolute atomic E-state index is 9.51. The van der Waals surface area contributed by atoms with Gasteiger partial charge in [0.1, 0.15) is 17.2 Å². The Morgan fingerprint density at radius 2 is 1.90 bits per heavy atom. The molecule has 0 bridgehead atoms. The molecule has 108 valence electrons. The topological polar surface area (TPSA) is 62.5 Å². The third-order valence-electron chi connectivity index (χ3n) is 2.91. The molecule has 0 saturated carbocycles. The second kappa shape index (κ2) is 6.49. The van der Waals surface area contributed by atoms with E-state index >= 15 is 0 Å². The van der Waals surface area contributed by atoms with E-state index in [1.807, 2.05) is 6.07 Å². The van der Waals surface area contributed by atoms with Gasteiger partial charge in [0.05, 0.1) is 29.9 Å². The van der Waals surface area contributed by atoms with Crippen LogP contribution in [0.2, 0.25) is 5.02 Å². The van der Waals surface area contributed by atoms with E-state index in [1.54, 1.807) is 43.3 Å². The SMILES string of the molecule is COc1cc(C#N)cc(Oc2ccc(C(C)O)cc2Cl)c1. The van der Waals surface area contributed by atoms with Gasteiger partial charge in [-0.05, 0) is 36.8 Å². The van der Waals surface area contributed by atoms with Crippen LogP contribution in [0.1, 0.15) is 24.2 Å². The molecule has 0 aromatic heterocycles. The van der Waals surface area contributed by atoms with Crippen molar-refractivity contribution < 1.29 is 14.6 Å². The number of rotatable bonds is 4. The minimum absolute atomic E-state index is 0.384. The highest BCUT2D eigenvalue weighted by molar-refractivity contribution is 6.32. The van der Waals surface area contributed by atoms with Gasteiger partial charge in [-0.2, -0.15) is 5.26 Å². The van der Waals surface area contributed by atoms with Gasteiger partial charge in [0.2, 0.25) is 0 Å². The first-order valence-corrected chi connectivity index (χ1v) is 6.66. The molecule has 5 heteroatoms. The van der Waals surface area contributed by atoms with E-state index in [2.05, 4.69) is 0 Å². The molecule has 0 spiro atoms. The Hall–Kier alpha value is -2.22. The monoisotopic (exact) mass is 303 g/mol. The number of hydrogen-bond acceptors (Lipinski definition) is 4. The Balaban J connectivity index is 2.32. The first-order chi connectivity index (χ1) is 10.0. The fourth-order valence-electron chi connectivity index (χ4n) is 1.80. The summed E-state index contributed by atoms with van der Waals surface area (Å²) in [6, 6.07) is 12.0. The molecule has 0 aliphatic rings. The van der Waals surface area contributed by atoms with Crippen LogP contribution in [0.25, 0.3) is 0 Å². The molecule has 1 atom stereocenters. The summed E-state index contributed by atoms with van der Waals surface area (Å²) in [6.45, 7) is 1.66. The zero-order valence-electron chi connectivity index (χ0n) is 11.6. The van der Waals surface area contributed by atoms with Crippen molar-refractivity contribution in [3.8, 4) is 23.3 Å². The van der Waals surface area contributed by atoms with Gasteiger partial charge < -0.3 is 14.6 Å². The van der Waals surface area contributed by atoms with Gasteiger partial charge in [-0.15, -0.1) is 0 Å². The molecular formula is C16H14ClNO3. The number of aliphatic hydroxyl groups is 1. The van der Waals surface area contributed by atoms with Crippen LogP contribution in [0.5, 0.6) is 17.2 Å². The average molecular weight is 304 g/mol. The van der Waals surface area contributed by atoms with Crippen molar-refractivity contribution in [1.82, 2.24) is 0 Å². The second-order valence-corrected chi connectivity index (χ2v) is 4.88. The minimum Gasteiger partial charge on any atom is -0.497 e. The van der Waals surface area contributed by atoms with Crippen molar-refractivity contribution >= 4 is 11.6 Å². The van der Waals surface area contributed by atoms with Crippen molar-refractivity contribution in [2.75, 3.05) is 7.11 Å². The molecule has 1 N–H and O–H groups in total. The summed E-state index contributed by atoms with van der Waals surface area (Å²) >= 11 is 6.14. The molecule has 0 aliphatic carbocycles. The number of nitrogens with zero attached hydrogens (tertiary/aromatic N) is 1. The fourth-order valence-corrected chi connectivity index (χ4v) is 2.03. The summed E-state index contributed by atoms with van der Waals surface area (Å²) in [5, 5.41) is 18.9. The summed E-state index contributed by atoms with van der Waals surface area (Å²) in [4.78, 5) is 0. The van der Waals surface area contributed by atoms with Crippen LogP contribution in [-0.4, -0.2) is 12.2 Å². The Bertz CT molecular complexity index is 692. The molecular weight excluding hydrogens is 290 g/mol. The fraction of sp³-hybridized carbons (Fsp3) is 0.188. The highest BCUT2D eigenvalue weighted by atomic mass is 35.5. The number of nitriles is 1. The third-order valence-corrected chi connectivity index (χ3v) is 3.21. The Morgan fingerprint density at radius 3 is 2.48 bits per heavy atom. The normalized spacial score (nSPS) is 11.6. The predicted octanol–water partition coefficient (Wildman–Crippen LogP) is 4.07. The maximum atomic E-state index is 9.51. The molecule has 0 aliphatic heterocycles. The van der Waals surface area contributed by atoms with Crippen molar-refractivity contribution in [2.24, 2.45) is 0 Å². The van der Waals surface area contributed by atoms with Crippen molar-refractivity contribution in [3.63, 3.8) is 0 Å². The zero-order chi connectivity index (χ0) is 15.4. The van der Waals surface area contributed by atoms with Crippen LogP contribution in [0, 0.1) is 11.3 Å².